The average Bonchev–Trinajstić information content (AvgIpc) is 2.68. The zero-order chi connectivity index (χ0) is 18.5. The van der Waals surface area contributed by atoms with E-state index in [4.69, 9.17) is 0 Å². The van der Waals surface area contributed by atoms with Gasteiger partial charge in [-0.2, -0.15) is 0 Å². The fourth-order valence-corrected chi connectivity index (χ4v) is 3.14. The Bertz CT molecular complexity index is 908. The normalized spacial score (nSPS) is 11.0. The quantitative estimate of drug-likeness (QED) is 0.447. The maximum Gasteiger partial charge on any atom is 0.275 e. The van der Waals surface area contributed by atoms with E-state index in [9.17, 15) is 20.3 Å². The topological polar surface area (TPSA) is 95.6 Å². The van der Waals surface area contributed by atoms with Crippen LogP contribution < -0.4 is 5.32 Å². The molecular weight excluding hydrogens is 332 g/mol. The van der Waals surface area contributed by atoms with Crippen LogP contribution in [0.3, 0.4) is 0 Å². The third kappa shape index (κ3) is 3.51. The highest BCUT2D eigenvalue weighted by Crippen LogP contribution is 2.38. The Labute approximate surface area is 150 Å². The Morgan fingerprint density at radius 2 is 1.58 bits per heavy atom. The zero-order valence-electron chi connectivity index (χ0n) is 14.1. The monoisotopic (exact) mass is 352 g/mol. The smallest absolute Gasteiger partial charge is 0.275 e. The van der Waals surface area contributed by atoms with E-state index in [1.165, 1.54) is 6.07 Å². The van der Waals surface area contributed by atoms with Crippen LogP contribution >= 0.6 is 0 Å². The van der Waals surface area contributed by atoms with Crippen LogP contribution in [0.2, 0.25) is 0 Å². The number of hydrogen-bond donors (Lipinski definition) is 3. The number of benzene rings is 3. The van der Waals surface area contributed by atoms with Gasteiger partial charge in [0.15, 0.2) is 0 Å². The Morgan fingerprint density at radius 1 is 0.962 bits per heavy atom. The van der Waals surface area contributed by atoms with Crippen molar-refractivity contribution in [1.29, 1.82) is 0 Å². The number of aliphatic hydroxyl groups excluding tert-OH is 2. The molecule has 3 aromatic carbocycles. The molecule has 0 bridgehead atoms. The second-order valence-corrected chi connectivity index (χ2v) is 6.06. The number of nitrogens with zero attached hydrogens (tertiary/aromatic N) is 1. The highest BCUT2D eigenvalue weighted by atomic mass is 16.6. The first-order chi connectivity index (χ1) is 12.7. The molecule has 0 unspecified atom stereocenters. The minimum atomic E-state index is -0.705. The molecule has 26 heavy (non-hydrogen) atoms. The molecule has 0 saturated carbocycles. The van der Waals surface area contributed by atoms with E-state index < -0.39 is 10.8 Å². The second kappa shape index (κ2) is 7.95. The Hall–Kier alpha value is -2.96. The van der Waals surface area contributed by atoms with Gasteiger partial charge in [0.1, 0.15) is 0 Å². The summed E-state index contributed by atoms with van der Waals surface area (Å²) < 4.78 is 0. The van der Waals surface area contributed by atoms with Crippen molar-refractivity contribution in [1.82, 2.24) is 0 Å². The molecule has 0 heterocycles. The first-order valence-electron chi connectivity index (χ1n) is 8.35. The van der Waals surface area contributed by atoms with E-state index in [1.807, 2.05) is 42.5 Å². The molecule has 3 rings (SSSR count). The highest BCUT2D eigenvalue weighted by molar-refractivity contribution is 5.99. The van der Waals surface area contributed by atoms with Crippen molar-refractivity contribution in [3.05, 3.63) is 81.9 Å². The molecule has 6 nitrogen and oxygen atoms in total. The van der Waals surface area contributed by atoms with Crippen molar-refractivity contribution in [2.24, 2.45) is 0 Å². The minimum Gasteiger partial charge on any atom is -0.396 e. The predicted octanol–water partition coefficient (Wildman–Crippen LogP) is 3.43. The van der Waals surface area contributed by atoms with Gasteiger partial charge in [0.05, 0.1) is 18.1 Å². The summed E-state index contributed by atoms with van der Waals surface area (Å²) in [6.45, 7) is -0.193. The van der Waals surface area contributed by atoms with Crippen molar-refractivity contribution in [2.45, 2.75) is 12.5 Å². The first kappa shape index (κ1) is 17.8. The van der Waals surface area contributed by atoms with Gasteiger partial charge < -0.3 is 15.5 Å². The van der Waals surface area contributed by atoms with Gasteiger partial charge in [-0.3, -0.25) is 10.1 Å². The molecule has 0 aromatic heterocycles. The second-order valence-electron chi connectivity index (χ2n) is 6.06. The largest absolute Gasteiger partial charge is 0.396 e. The summed E-state index contributed by atoms with van der Waals surface area (Å²) in [5.41, 5.74) is 1.97. The molecule has 0 aliphatic heterocycles. The van der Waals surface area contributed by atoms with Crippen molar-refractivity contribution in [2.75, 3.05) is 18.5 Å². The molecular formula is C20H20N2O4. The standard InChI is InChI=1S/C20H20N2O4/c23-12-15(13-24)20-17-9-5-4-8-16(17)18(10-19(20)22(25)26)21-11-14-6-2-1-3-7-14/h1-10,15,21,23-24H,11-13H2. The van der Waals surface area contributed by atoms with Crippen LogP contribution in [0.1, 0.15) is 17.0 Å². The lowest BCUT2D eigenvalue weighted by molar-refractivity contribution is -0.385. The van der Waals surface area contributed by atoms with E-state index in [0.717, 1.165) is 10.9 Å². The number of nitrogens with one attached hydrogen (secondary N) is 1. The number of anilines is 1. The molecule has 134 valence electrons. The van der Waals surface area contributed by atoms with Crippen molar-refractivity contribution >= 4 is 22.1 Å². The number of nitro benzene ring substituents is 1. The summed E-state index contributed by atoms with van der Waals surface area (Å²) in [5.74, 6) is -0.705. The number of rotatable bonds is 7. The third-order valence-electron chi connectivity index (χ3n) is 4.44. The van der Waals surface area contributed by atoms with E-state index in [0.29, 0.717) is 23.2 Å². The first-order valence-corrected chi connectivity index (χ1v) is 8.35. The van der Waals surface area contributed by atoms with Gasteiger partial charge in [0.25, 0.3) is 5.69 Å². The van der Waals surface area contributed by atoms with Crippen LogP contribution in [0.5, 0.6) is 0 Å². The Morgan fingerprint density at radius 3 is 2.19 bits per heavy atom. The van der Waals surface area contributed by atoms with Crippen molar-refractivity contribution in [3.8, 4) is 0 Å². The summed E-state index contributed by atoms with van der Waals surface area (Å²) in [4.78, 5) is 11.2. The Kier molecular flexibility index (Phi) is 5.46. The fourth-order valence-electron chi connectivity index (χ4n) is 3.14. The van der Waals surface area contributed by atoms with Crippen LogP contribution in [-0.2, 0) is 6.54 Å². The van der Waals surface area contributed by atoms with Crippen LogP contribution in [0.25, 0.3) is 10.8 Å². The summed E-state index contributed by atoms with van der Waals surface area (Å²) in [7, 11) is 0. The maximum absolute atomic E-state index is 11.6. The third-order valence-corrected chi connectivity index (χ3v) is 4.44. The maximum atomic E-state index is 11.6. The van der Waals surface area contributed by atoms with Gasteiger partial charge in [-0.1, -0.05) is 54.6 Å². The SMILES string of the molecule is O=[N+]([O-])c1cc(NCc2ccccc2)c2ccccc2c1C(CO)CO. The summed E-state index contributed by atoms with van der Waals surface area (Å²) >= 11 is 0. The molecule has 0 fully saturated rings. The molecule has 0 spiro atoms. The van der Waals surface area contributed by atoms with Crippen molar-refractivity contribution in [3.63, 3.8) is 0 Å². The summed E-state index contributed by atoms with van der Waals surface area (Å²) in [6, 6.07) is 18.6. The van der Waals surface area contributed by atoms with Gasteiger partial charge >= 0.3 is 0 Å². The number of hydrogen-bond acceptors (Lipinski definition) is 5. The average molecular weight is 352 g/mol. The van der Waals surface area contributed by atoms with Gasteiger partial charge in [-0.25, -0.2) is 0 Å². The number of nitro groups is 1. The molecule has 3 aromatic rings. The number of aliphatic hydroxyl groups is 2. The van der Waals surface area contributed by atoms with Crippen LogP contribution in [0.15, 0.2) is 60.7 Å². The number of fused-ring (bicyclic) bond motifs is 1. The summed E-state index contributed by atoms with van der Waals surface area (Å²) in [6.07, 6.45) is 0. The molecule has 0 aliphatic carbocycles. The zero-order valence-corrected chi connectivity index (χ0v) is 14.1. The lowest BCUT2D eigenvalue weighted by Crippen LogP contribution is -2.13. The molecule has 3 N–H and O–H groups in total. The molecule has 0 amide bonds. The highest BCUT2D eigenvalue weighted by Gasteiger charge is 2.26. The van der Waals surface area contributed by atoms with E-state index in [-0.39, 0.29) is 18.9 Å². The van der Waals surface area contributed by atoms with E-state index in [1.54, 1.807) is 12.1 Å². The van der Waals surface area contributed by atoms with Crippen LogP contribution in [0.4, 0.5) is 11.4 Å². The van der Waals surface area contributed by atoms with E-state index >= 15 is 0 Å². The van der Waals surface area contributed by atoms with Gasteiger partial charge in [-0.05, 0) is 10.9 Å². The molecule has 0 atom stereocenters. The van der Waals surface area contributed by atoms with E-state index in [2.05, 4.69) is 5.32 Å². The molecule has 0 aliphatic rings. The lowest BCUT2D eigenvalue weighted by atomic mass is 9.91. The van der Waals surface area contributed by atoms with Crippen LogP contribution in [-0.4, -0.2) is 28.4 Å². The summed E-state index contributed by atoms with van der Waals surface area (Å²) in [5, 5.41) is 35.5. The van der Waals surface area contributed by atoms with Gasteiger partial charge in [0.2, 0.25) is 0 Å². The molecule has 0 radical (unpaired) electrons. The van der Waals surface area contributed by atoms with Crippen LogP contribution in [0, 0.1) is 10.1 Å². The van der Waals surface area contributed by atoms with Gasteiger partial charge in [-0.15, -0.1) is 0 Å². The minimum absolute atomic E-state index is 0.104. The molecule has 0 saturated heterocycles. The van der Waals surface area contributed by atoms with Gasteiger partial charge in [0, 0.05) is 35.2 Å². The lowest BCUT2D eigenvalue weighted by Gasteiger charge is -2.18. The van der Waals surface area contributed by atoms with Crippen molar-refractivity contribution < 1.29 is 15.1 Å². The fraction of sp³-hybridized carbons (Fsp3) is 0.200. The molecule has 6 heteroatoms. The predicted molar refractivity (Wildman–Crippen MR) is 101 cm³/mol. The Balaban J connectivity index is 2.12.